The molecule has 2 amide bonds. The minimum atomic E-state index is -5.27. The van der Waals surface area contributed by atoms with E-state index >= 15 is 0 Å². The largest absolute Gasteiger partial charge is 0.481 e. The van der Waals surface area contributed by atoms with Gasteiger partial charge in [-0.3, -0.25) is 0 Å². The van der Waals surface area contributed by atoms with Gasteiger partial charge in [-0.05, 0) is 25.8 Å². The second-order valence-corrected chi connectivity index (χ2v) is 9.27. The Hall–Kier alpha value is -3.99. The summed E-state index contributed by atoms with van der Waals surface area (Å²) in [6.45, 7) is 0.875. The molecule has 0 fully saturated rings. The van der Waals surface area contributed by atoms with E-state index in [1.807, 2.05) is 0 Å². The Kier molecular flexibility index (Phi) is 10.2. The average molecular weight is 631 g/mol. The summed E-state index contributed by atoms with van der Waals surface area (Å²) in [4.78, 5) is 26.3. The highest BCUT2D eigenvalue weighted by Crippen LogP contribution is 2.38. The number of pyridine rings is 1. The zero-order valence-corrected chi connectivity index (χ0v) is 22.9. The number of urea groups is 1. The molecule has 9 nitrogen and oxygen atoms in total. The maximum atomic E-state index is 13.6. The van der Waals surface area contributed by atoms with Gasteiger partial charge in [-0.2, -0.15) is 39.5 Å². The van der Waals surface area contributed by atoms with Crippen LogP contribution in [0.25, 0.3) is 16.9 Å². The van der Waals surface area contributed by atoms with Crippen LogP contribution in [-0.2, 0) is 0 Å². The molecule has 0 radical (unpaired) electrons. The summed E-state index contributed by atoms with van der Waals surface area (Å²) in [7, 11) is 2.49. The number of amides is 2. The molecule has 238 valence electrons. The zero-order chi connectivity index (χ0) is 32.2. The number of hydrogen-bond acceptors (Lipinski definition) is 6. The molecule has 1 unspecified atom stereocenters. The molecule has 43 heavy (non-hydrogen) atoms. The first-order valence-corrected chi connectivity index (χ1v) is 12.7. The number of nitrogens with one attached hydrogen (secondary N) is 1. The minimum Gasteiger partial charge on any atom is -0.481 e. The zero-order valence-electron chi connectivity index (χ0n) is 22.9. The molecule has 0 spiro atoms. The fourth-order valence-electron chi connectivity index (χ4n) is 4.34. The van der Waals surface area contributed by atoms with Crippen molar-refractivity contribution in [2.45, 2.75) is 63.2 Å². The Balaban J connectivity index is 2.08. The highest BCUT2D eigenvalue weighted by molar-refractivity contribution is 5.75. The second-order valence-electron chi connectivity index (χ2n) is 9.27. The standard InChI is InChI=1S/C25H27F9N6O3/c1-4-40(22(41)38-18(25(32,33)34)6-8-24(29,30)31)17(5-7-23(26,27)28)15-11-14(12-36-20(15)42-2)16-13-39-10-9-35-19(39)21(37-16)43-3/h9-13,17-18H,4-8H2,1-3H3,(H,38,41)/t17?,18-/m0/s1. The predicted octanol–water partition coefficient (Wildman–Crippen LogP) is 6.50. The Bertz CT molecular complexity index is 1390. The van der Waals surface area contributed by atoms with Gasteiger partial charge in [0.05, 0.1) is 26.0 Å². The fraction of sp³-hybridized carbons (Fsp3) is 0.520. The first-order chi connectivity index (χ1) is 20.0. The lowest BCUT2D eigenvalue weighted by Gasteiger charge is -2.34. The van der Waals surface area contributed by atoms with E-state index in [0.29, 0.717) is 10.5 Å². The van der Waals surface area contributed by atoms with E-state index in [9.17, 15) is 44.3 Å². The molecule has 3 aromatic heterocycles. The minimum absolute atomic E-state index is 0.0973. The summed E-state index contributed by atoms with van der Waals surface area (Å²) in [5.74, 6) is -0.137. The average Bonchev–Trinajstić information content (AvgIpc) is 3.39. The van der Waals surface area contributed by atoms with Crippen LogP contribution in [0.3, 0.4) is 0 Å². The lowest BCUT2D eigenvalue weighted by Crippen LogP contribution is -2.52. The molecule has 18 heteroatoms. The third-order valence-corrected chi connectivity index (χ3v) is 6.35. The number of aromatic nitrogens is 4. The van der Waals surface area contributed by atoms with Gasteiger partial charge in [0.1, 0.15) is 6.04 Å². The molecular weight excluding hydrogens is 603 g/mol. The van der Waals surface area contributed by atoms with Gasteiger partial charge < -0.3 is 24.1 Å². The van der Waals surface area contributed by atoms with Gasteiger partial charge >= 0.3 is 24.6 Å². The number of carbonyl (C=O) groups is 1. The van der Waals surface area contributed by atoms with Crippen LogP contribution in [0.15, 0.2) is 30.9 Å². The van der Waals surface area contributed by atoms with E-state index in [2.05, 4.69) is 15.0 Å². The van der Waals surface area contributed by atoms with Crippen LogP contribution >= 0.6 is 0 Å². The summed E-state index contributed by atoms with van der Waals surface area (Å²) < 4.78 is 131. The molecule has 3 heterocycles. The van der Waals surface area contributed by atoms with Gasteiger partial charge in [0.25, 0.3) is 5.88 Å². The molecule has 0 saturated heterocycles. The monoisotopic (exact) mass is 630 g/mol. The quantitative estimate of drug-likeness (QED) is 0.243. The van der Waals surface area contributed by atoms with Crippen LogP contribution < -0.4 is 14.8 Å². The number of methoxy groups -OCH3 is 2. The Morgan fingerprint density at radius 2 is 1.60 bits per heavy atom. The number of nitrogens with zero attached hydrogens (tertiary/aromatic N) is 5. The van der Waals surface area contributed by atoms with E-state index in [4.69, 9.17) is 9.47 Å². The number of rotatable bonds is 11. The van der Waals surface area contributed by atoms with Crippen molar-refractivity contribution in [3.8, 4) is 23.0 Å². The molecule has 0 aliphatic heterocycles. The van der Waals surface area contributed by atoms with Gasteiger partial charge in [0.2, 0.25) is 5.88 Å². The molecule has 3 rings (SSSR count). The third-order valence-electron chi connectivity index (χ3n) is 6.35. The van der Waals surface area contributed by atoms with Crippen LogP contribution in [-0.4, -0.2) is 75.6 Å². The summed E-state index contributed by atoms with van der Waals surface area (Å²) in [5, 5.41) is 1.52. The molecule has 2 atom stereocenters. The van der Waals surface area contributed by atoms with E-state index in [1.54, 1.807) is 10.6 Å². The molecule has 0 saturated carbocycles. The summed E-state index contributed by atoms with van der Waals surface area (Å²) in [6, 6.07) is -4.68. The number of halogens is 9. The number of carbonyl (C=O) groups excluding carboxylic acids is 1. The highest BCUT2D eigenvalue weighted by atomic mass is 19.4. The topological polar surface area (TPSA) is 93.9 Å². The van der Waals surface area contributed by atoms with Gasteiger partial charge in [-0.25, -0.2) is 19.7 Å². The molecule has 3 aromatic rings. The van der Waals surface area contributed by atoms with Crippen molar-refractivity contribution in [3.63, 3.8) is 0 Å². The fourth-order valence-corrected chi connectivity index (χ4v) is 4.34. The van der Waals surface area contributed by atoms with Crippen molar-refractivity contribution >= 4 is 11.7 Å². The molecule has 0 aliphatic carbocycles. The number of fused-ring (bicyclic) bond motifs is 1. The van der Waals surface area contributed by atoms with Gasteiger partial charge in [0, 0.05) is 55.3 Å². The first kappa shape index (κ1) is 33.5. The maximum Gasteiger partial charge on any atom is 0.408 e. The molecular formula is C25H27F9N6O3. The van der Waals surface area contributed by atoms with E-state index < -0.39 is 68.9 Å². The Morgan fingerprint density at radius 3 is 2.16 bits per heavy atom. The van der Waals surface area contributed by atoms with E-state index in [1.165, 1.54) is 44.0 Å². The predicted molar refractivity (Wildman–Crippen MR) is 133 cm³/mol. The van der Waals surface area contributed by atoms with Crippen molar-refractivity contribution in [1.29, 1.82) is 0 Å². The molecule has 0 aliphatic rings. The lowest BCUT2D eigenvalue weighted by molar-refractivity contribution is -0.171. The van der Waals surface area contributed by atoms with Crippen molar-refractivity contribution in [2.24, 2.45) is 0 Å². The third kappa shape index (κ3) is 8.76. The van der Waals surface area contributed by atoms with Crippen LogP contribution in [0.1, 0.15) is 44.2 Å². The van der Waals surface area contributed by atoms with Crippen molar-refractivity contribution < 1.29 is 53.8 Å². The SMILES string of the molecule is CCN(C(=O)N[C@@H](CCC(F)(F)F)C(F)(F)F)C(CCC(F)(F)F)c1cc(-c2cn3ccnc3c(OC)n2)cnc1OC. The number of hydrogen-bond donors (Lipinski definition) is 1. The number of imidazole rings is 1. The van der Waals surface area contributed by atoms with Crippen molar-refractivity contribution in [2.75, 3.05) is 20.8 Å². The summed E-state index contributed by atoms with van der Waals surface area (Å²) >= 11 is 0. The summed E-state index contributed by atoms with van der Waals surface area (Å²) in [6.07, 6.45) is -14.8. The second kappa shape index (κ2) is 13.1. The van der Waals surface area contributed by atoms with Crippen LogP contribution in [0, 0.1) is 0 Å². The van der Waals surface area contributed by atoms with E-state index in [0.717, 1.165) is 7.11 Å². The molecule has 1 N–H and O–H groups in total. The van der Waals surface area contributed by atoms with E-state index in [-0.39, 0.29) is 28.6 Å². The van der Waals surface area contributed by atoms with Crippen LogP contribution in [0.4, 0.5) is 44.3 Å². The Morgan fingerprint density at radius 1 is 0.977 bits per heavy atom. The highest BCUT2D eigenvalue weighted by Gasteiger charge is 2.44. The van der Waals surface area contributed by atoms with Gasteiger partial charge in [-0.15, -0.1) is 0 Å². The molecule has 0 aromatic carbocycles. The normalized spacial score (nSPS) is 14.0. The van der Waals surface area contributed by atoms with Crippen LogP contribution in [0.5, 0.6) is 11.8 Å². The number of alkyl halides is 9. The first-order valence-electron chi connectivity index (χ1n) is 12.7. The van der Waals surface area contributed by atoms with Crippen LogP contribution in [0.2, 0.25) is 0 Å². The van der Waals surface area contributed by atoms with Crippen molar-refractivity contribution in [1.82, 2.24) is 29.6 Å². The lowest BCUT2D eigenvalue weighted by atomic mass is 9.98. The smallest absolute Gasteiger partial charge is 0.408 e. The van der Waals surface area contributed by atoms with Gasteiger partial charge in [-0.1, -0.05) is 0 Å². The van der Waals surface area contributed by atoms with Crippen molar-refractivity contribution in [3.05, 3.63) is 36.4 Å². The number of ether oxygens (including phenoxy) is 2. The van der Waals surface area contributed by atoms with Gasteiger partial charge in [0.15, 0.2) is 5.65 Å². The summed E-state index contributed by atoms with van der Waals surface area (Å²) in [5.41, 5.74) is 0.683. The Labute approximate surface area is 239 Å². The maximum absolute atomic E-state index is 13.6. The molecule has 0 bridgehead atoms.